The molecule has 0 aromatic rings. The lowest BCUT2D eigenvalue weighted by atomic mass is 9.90. The van der Waals surface area contributed by atoms with Crippen LogP contribution in [0.25, 0.3) is 0 Å². The van der Waals surface area contributed by atoms with Gasteiger partial charge < -0.3 is 15.3 Å². The Morgan fingerprint density at radius 3 is 2.62 bits per heavy atom. The van der Waals surface area contributed by atoms with Crippen molar-refractivity contribution < 1.29 is 13.5 Å². The van der Waals surface area contributed by atoms with Crippen LogP contribution in [0.1, 0.15) is 33.6 Å². The van der Waals surface area contributed by atoms with Crippen LogP contribution in [0.2, 0.25) is 0 Å². The summed E-state index contributed by atoms with van der Waals surface area (Å²) in [7, 11) is -2.94. The van der Waals surface area contributed by atoms with Crippen LogP contribution in [0.3, 0.4) is 0 Å². The number of rotatable bonds is 6. The van der Waals surface area contributed by atoms with Gasteiger partial charge in [0.1, 0.15) is 9.84 Å². The van der Waals surface area contributed by atoms with Crippen LogP contribution in [-0.4, -0.2) is 68.7 Å². The Balaban J connectivity index is 2.63. The first-order valence-electron chi connectivity index (χ1n) is 7.52. The zero-order valence-electron chi connectivity index (χ0n) is 13.6. The molecule has 1 heterocycles. The van der Waals surface area contributed by atoms with Gasteiger partial charge in [-0.3, -0.25) is 4.99 Å². The summed E-state index contributed by atoms with van der Waals surface area (Å²) in [6, 6.07) is 0. The topological polar surface area (TPSA) is 82.0 Å². The summed E-state index contributed by atoms with van der Waals surface area (Å²) in [5, 5.41) is 12.9. The van der Waals surface area contributed by atoms with E-state index in [2.05, 4.69) is 15.2 Å². The number of sulfone groups is 1. The van der Waals surface area contributed by atoms with Crippen LogP contribution in [0, 0.1) is 5.41 Å². The van der Waals surface area contributed by atoms with Crippen molar-refractivity contribution in [1.29, 1.82) is 0 Å². The molecule has 0 bridgehead atoms. The number of hydrogen-bond acceptors (Lipinski definition) is 4. The molecule has 0 saturated carbocycles. The molecule has 1 rings (SSSR count). The molecule has 1 atom stereocenters. The fraction of sp³-hybridized carbons (Fsp3) is 0.929. The molecule has 7 heteroatoms. The minimum Gasteiger partial charge on any atom is -0.391 e. The standard InChI is InChI=1S/C14H29N3O3S/c1-5-15-13(17-8-6-12(18)10-17)16-11-14(2,3)7-9-21(4,19)20/h12,18H,5-11H2,1-4H3,(H,15,16)/t12-/m1/s1. The van der Waals surface area contributed by atoms with Crippen molar-refractivity contribution in [1.82, 2.24) is 10.2 Å². The molecule has 1 saturated heterocycles. The lowest BCUT2D eigenvalue weighted by Gasteiger charge is -2.25. The van der Waals surface area contributed by atoms with Crippen LogP contribution in [0.4, 0.5) is 0 Å². The first kappa shape index (κ1) is 18.2. The van der Waals surface area contributed by atoms with E-state index in [1.807, 2.05) is 20.8 Å². The lowest BCUT2D eigenvalue weighted by molar-refractivity contribution is 0.187. The van der Waals surface area contributed by atoms with E-state index in [1.54, 1.807) is 0 Å². The van der Waals surface area contributed by atoms with Crippen molar-refractivity contribution in [2.45, 2.75) is 39.7 Å². The van der Waals surface area contributed by atoms with Crippen LogP contribution in [0.5, 0.6) is 0 Å². The van der Waals surface area contributed by atoms with E-state index in [0.717, 1.165) is 25.5 Å². The monoisotopic (exact) mass is 319 g/mol. The van der Waals surface area contributed by atoms with Gasteiger partial charge in [-0.25, -0.2) is 8.42 Å². The molecular formula is C14H29N3O3S. The molecule has 2 N–H and O–H groups in total. The Morgan fingerprint density at radius 1 is 1.48 bits per heavy atom. The third-order valence-corrected chi connectivity index (χ3v) is 4.55. The quantitative estimate of drug-likeness (QED) is 0.550. The zero-order chi connectivity index (χ0) is 16.1. The number of nitrogens with zero attached hydrogens (tertiary/aromatic N) is 2. The summed E-state index contributed by atoms with van der Waals surface area (Å²) < 4.78 is 22.6. The summed E-state index contributed by atoms with van der Waals surface area (Å²) in [6.07, 6.45) is 2.34. The minimum absolute atomic E-state index is 0.165. The molecule has 0 spiro atoms. The highest BCUT2D eigenvalue weighted by Gasteiger charge is 2.24. The first-order chi connectivity index (χ1) is 9.63. The molecule has 0 aliphatic carbocycles. The highest BCUT2D eigenvalue weighted by atomic mass is 32.2. The van der Waals surface area contributed by atoms with Crippen molar-refractivity contribution in [3.05, 3.63) is 0 Å². The zero-order valence-corrected chi connectivity index (χ0v) is 14.4. The Bertz CT molecular complexity index is 460. The highest BCUT2D eigenvalue weighted by molar-refractivity contribution is 7.90. The third-order valence-electron chi connectivity index (χ3n) is 3.60. The summed E-state index contributed by atoms with van der Waals surface area (Å²) >= 11 is 0. The van der Waals surface area contributed by atoms with Crippen LogP contribution in [0.15, 0.2) is 4.99 Å². The fourth-order valence-electron chi connectivity index (χ4n) is 2.19. The number of β-amino-alcohol motifs (C(OH)–C–C–N with tert-alkyl or cyclic N) is 1. The molecule has 0 radical (unpaired) electrons. The maximum atomic E-state index is 11.3. The third kappa shape index (κ3) is 7.13. The second-order valence-electron chi connectivity index (χ2n) is 6.60. The molecule has 1 aliphatic heterocycles. The van der Waals surface area contributed by atoms with E-state index in [1.165, 1.54) is 6.26 Å². The molecule has 0 unspecified atom stereocenters. The van der Waals surface area contributed by atoms with Crippen molar-refractivity contribution in [2.75, 3.05) is 38.2 Å². The number of hydrogen-bond donors (Lipinski definition) is 2. The van der Waals surface area contributed by atoms with E-state index in [0.29, 0.717) is 19.5 Å². The molecule has 0 aromatic heterocycles. The van der Waals surface area contributed by atoms with Crippen molar-refractivity contribution in [3.63, 3.8) is 0 Å². The van der Waals surface area contributed by atoms with Gasteiger partial charge in [0.15, 0.2) is 5.96 Å². The van der Waals surface area contributed by atoms with Crippen molar-refractivity contribution in [3.8, 4) is 0 Å². The van der Waals surface area contributed by atoms with Crippen LogP contribution < -0.4 is 5.32 Å². The normalized spacial score (nSPS) is 20.9. The maximum Gasteiger partial charge on any atom is 0.194 e. The Kier molecular flexibility index (Phi) is 6.46. The molecule has 0 aromatic carbocycles. The largest absolute Gasteiger partial charge is 0.391 e. The average Bonchev–Trinajstić information content (AvgIpc) is 2.78. The summed E-state index contributed by atoms with van der Waals surface area (Å²) in [5.41, 5.74) is -0.165. The van der Waals surface area contributed by atoms with Crippen molar-refractivity contribution >= 4 is 15.8 Å². The number of guanidine groups is 1. The second kappa shape index (κ2) is 7.45. The fourth-order valence-corrected chi connectivity index (χ4v) is 3.11. The van der Waals surface area contributed by atoms with Gasteiger partial charge in [0.05, 0.1) is 11.9 Å². The minimum atomic E-state index is -2.94. The van der Waals surface area contributed by atoms with E-state index >= 15 is 0 Å². The number of aliphatic hydroxyl groups excluding tert-OH is 1. The smallest absolute Gasteiger partial charge is 0.194 e. The molecule has 6 nitrogen and oxygen atoms in total. The van der Waals surface area contributed by atoms with Crippen LogP contribution in [-0.2, 0) is 9.84 Å². The number of aliphatic imine (C=N–C) groups is 1. The van der Waals surface area contributed by atoms with Crippen LogP contribution >= 0.6 is 0 Å². The van der Waals surface area contributed by atoms with Gasteiger partial charge in [0.25, 0.3) is 0 Å². The van der Waals surface area contributed by atoms with E-state index in [9.17, 15) is 13.5 Å². The van der Waals surface area contributed by atoms with Crippen molar-refractivity contribution in [2.24, 2.45) is 10.4 Å². The molecular weight excluding hydrogens is 290 g/mol. The Morgan fingerprint density at radius 2 is 2.14 bits per heavy atom. The molecule has 124 valence electrons. The predicted octanol–water partition coefficient (Wildman–Crippen LogP) is 0.479. The molecule has 21 heavy (non-hydrogen) atoms. The Hall–Kier alpha value is -0.820. The first-order valence-corrected chi connectivity index (χ1v) is 9.58. The van der Waals surface area contributed by atoms with Gasteiger partial charge in [-0.1, -0.05) is 13.8 Å². The van der Waals surface area contributed by atoms with Gasteiger partial charge in [-0.15, -0.1) is 0 Å². The summed E-state index contributed by atoms with van der Waals surface area (Å²) in [5.74, 6) is 0.996. The average molecular weight is 319 g/mol. The maximum absolute atomic E-state index is 11.3. The molecule has 1 aliphatic rings. The van der Waals surface area contributed by atoms with Gasteiger partial charge >= 0.3 is 0 Å². The summed E-state index contributed by atoms with van der Waals surface area (Å²) in [4.78, 5) is 6.68. The van der Waals surface area contributed by atoms with E-state index < -0.39 is 9.84 Å². The van der Waals surface area contributed by atoms with Gasteiger partial charge in [0, 0.05) is 32.4 Å². The highest BCUT2D eigenvalue weighted by Crippen LogP contribution is 2.22. The predicted molar refractivity (Wildman–Crippen MR) is 86.3 cm³/mol. The second-order valence-corrected chi connectivity index (χ2v) is 8.86. The lowest BCUT2D eigenvalue weighted by Crippen LogP contribution is -2.41. The Labute approximate surface area is 128 Å². The van der Waals surface area contributed by atoms with Gasteiger partial charge in [-0.2, -0.15) is 0 Å². The van der Waals surface area contributed by atoms with E-state index in [-0.39, 0.29) is 17.3 Å². The number of nitrogens with one attached hydrogen (secondary N) is 1. The summed E-state index contributed by atoms with van der Waals surface area (Å²) in [6.45, 7) is 8.82. The number of likely N-dealkylation sites (tertiary alicyclic amines) is 1. The SMILES string of the molecule is CCNC(=NCC(C)(C)CCS(C)(=O)=O)N1CC[C@@H](O)C1. The molecule has 0 amide bonds. The van der Waals surface area contributed by atoms with Gasteiger partial charge in [0.2, 0.25) is 0 Å². The molecule has 1 fully saturated rings. The van der Waals surface area contributed by atoms with Gasteiger partial charge in [-0.05, 0) is 25.2 Å². The number of aliphatic hydroxyl groups is 1. The van der Waals surface area contributed by atoms with E-state index in [4.69, 9.17) is 0 Å².